The molecule has 1 aliphatic rings. The molecule has 0 radical (unpaired) electrons. The van der Waals surface area contributed by atoms with E-state index in [1.54, 1.807) is 6.92 Å². The first kappa shape index (κ1) is 11.0. The van der Waals surface area contributed by atoms with Crippen molar-refractivity contribution in [2.24, 2.45) is 5.92 Å². The van der Waals surface area contributed by atoms with Gasteiger partial charge in [-0.1, -0.05) is 25.1 Å². The van der Waals surface area contributed by atoms with Crippen molar-refractivity contribution in [2.75, 3.05) is 7.11 Å². The smallest absolute Gasteiger partial charge is 0.350 e. The van der Waals surface area contributed by atoms with Crippen molar-refractivity contribution >= 4 is 5.97 Å². The van der Waals surface area contributed by atoms with Crippen LogP contribution in [0.2, 0.25) is 0 Å². The monoisotopic (exact) mass is 220 g/mol. The minimum absolute atomic E-state index is 0.106. The van der Waals surface area contributed by atoms with E-state index in [9.17, 15) is 4.79 Å². The molecule has 0 N–H and O–H groups in total. The molecule has 0 amide bonds. The molecule has 1 aromatic carbocycles. The molecule has 0 aromatic heterocycles. The lowest BCUT2D eigenvalue weighted by molar-refractivity contribution is -0.163. The van der Waals surface area contributed by atoms with Crippen molar-refractivity contribution in [3.05, 3.63) is 29.8 Å². The van der Waals surface area contributed by atoms with E-state index in [0.29, 0.717) is 0 Å². The molecule has 86 valence electrons. The minimum Gasteiger partial charge on any atom is -0.475 e. The van der Waals surface area contributed by atoms with Crippen LogP contribution in [0.3, 0.4) is 0 Å². The predicted molar refractivity (Wildman–Crippen MR) is 60.4 cm³/mol. The zero-order valence-corrected chi connectivity index (χ0v) is 9.82. The highest BCUT2D eigenvalue weighted by Gasteiger charge is 2.45. The average molecular weight is 220 g/mol. The van der Waals surface area contributed by atoms with Gasteiger partial charge in [0.05, 0.1) is 7.11 Å². The Labute approximate surface area is 95.4 Å². The first-order valence-electron chi connectivity index (χ1n) is 5.43. The van der Waals surface area contributed by atoms with Crippen molar-refractivity contribution in [1.29, 1.82) is 0 Å². The predicted octanol–water partition coefficient (Wildman–Crippen LogP) is 2.19. The van der Waals surface area contributed by atoms with Gasteiger partial charge in [-0.15, -0.1) is 0 Å². The fourth-order valence-corrected chi connectivity index (χ4v) is 2.07. The van der Waals surface area contributed by atoms with Gasteiger partial charge in [-0.25, -0.2) is 4.79 Å². The number of hydrogen-bond acceptors (Lipinski definition) is 3. The van der Waals surface area contributed by atoms with E-state index in [1.165, 1.54) is 7.11 Å². The zero-order chi connectivity index (χ0) is 11.8. The number of para-hydroxylation sites is 1. The van der Waals surface area contributed by atoms with E-state index in [0.717, 1.165) is 17.7 Å². The van der Waals surface area contributed by atoms with Crippen LogP contribution in [0.1, 0.15) is 19.4 Å². The molecule has 0 aliphatic carbocycles. The fraction of sp³-hybridized carbons (Fsp3) is 0.462. The van der Waals surface area contributed by atoms with Gasteiger partial charge in [0.2, 0.25) is 5.60 Å². The topological polar surface area (TPSA) is 35.5 Å². The Kier molecular flexibility index (Phi) is 2.62. The highest BCUT2D eigenvalue weighted by atomic mass is 16.6. The van der Waals surface area contributed by atoms with E-state index in [1.807, 2.05) is 31.2 Å². The van der Waals surface area contributed by atoms with Crippen LogP contribution in [0.25, 0.3) is 0 Å². The molecule has 0 bridgehead atoms. The second kappa shape index (κ2) is 3.81. The number of benzene rings is 1. The lowest BCUT2D eigenvalue weighted by atomic mass is 9.82. The zero-order valence-electron chi connectivity index (χ0n) is 9.82. The molecule has 0 saturated carbocycles. The van der Waals surface area contributed by atoms with Crippen molar-refractivity contribution < 1.29 is 14.3 Å². The van der Waals surface area contributed by atoms with E-state index < -0.39 is 5.60 Å². The van der Waals surface area contributed by atoms with Gasteiger partial charge in [0, 0.05) is 5.92 Å². The summed E-state index contributed by atoms with van der Waals surface area (Å²) in [4.78, 5) is 11.8. The lowest BCUT2D eigenvalue weighted by Gasteiger charge is -2.38. The molecule has 16 heavy (non-hydrogen) atoms. The number of esters is 1. The van der Waals surface area contributed by atoms with Gasteiger partial charge in [0.15, 0.2) is 0 Å². The normalized spacial score (nSPS) is 27.8. The minimum atomic E-state index is -0.872. The number of methoxy groups -OCH3 is 1. The van der Waals surface area contributed by atoms with Crippen LogP contribution < -0.4 is 4.74 Å². The summed E-state index contributed by atoms with van der Waals surface area (Å²) in [6.45, 7) is 3.80. The van der Waals surface area contributed by atoms with Gasteiger partial charge in [-0.2, -0.15) is 0 Å². The number of hydrogen-bond donors (Lipinski definition) is 0. The molecule has 2 rings (SSSR count). The first-order chi connectivity index (χ1) is 7.58. The van der Waals surface area contributed by atoms with Crippen molar-refractivity contribution in [2.45, 2.75) is 25.9 Å². The second-order valence-corrected chi connectivity index (χ2v) is 4.41. The van der Waals surface area contributed by atoms with Crippen LogP contribution >= 0.6 is 0 Å². The Morgan fingerprint density at radius 2 is 2.19 bits per heavy atom. The van der Waals surface area contributed by atoms with Gasteiger partial charge in [0.25, 0.3) is 0 Å². The third-order valence-corrected chi connectivity index (χ3v) is 3.35. The molecule has 0 saturated heterocycles. The van der Waals surface area contributed by atoms with Crippen LogP contribution in [0.15, 0.2) is 24.3 Å². The molecular formula is C13H16O3. The number of carbonyl (C=O) groups is 1. The second-order valence-electron chi connectivity index (χ2n) is 4.41. The van der Waals surface area contributed by atoms with Crippen molar-refractivity contribution in [3.63, 3.8) is 0 Å². The van der Waals surface area contributed by atoms with E-state index in [-0.39, 0.29) is 11.9 Å². The van der Waals surface area contributed by atoms with Gasteiger partial charge in [0.1, 0.15) is 5.75 Å². The maximum Gasteiger partial charge on any atom is 0.350 e. The highest BCUT2D eigenvalue weighted by Crippen LogP contribution is 2.37. The van der Waals surface area contributed by atoms with E-state index >= 15 is 0 Å². The quantitative estimate of drug-likeness (QED) is 0.680. The summed E-state index contributed by atoms with van der Waals surface area (Å²) in [6, 6.07) is 7.81. The Morgan fingerprint density at radius 3 is 2.88 bits per heavy atom. The lowest BCUT2D eigenvalue weighted by Crippen LogP contribution is -2.51. The third-order valence-electron chi connectivity index (χ3n) is 3.35. The van der Waals surface area contributed by atoms with Gasteiger partial charge in [-0.05, 0) is 25.0 Å². The number of ether oxygens (including phenoxy) is 2. The summed E-state index contributed by atoms with van der Waals surface area (Å²) in [6.07, 6.45) is 0.835. The maximum atomic E-state index is 11.8. The molecule has 3 nitrogen and oxygen atoms in total. The van der Waals surface area contributed by atoms with Gasteiger partial charge in [-0.3, -0.25) is 0 Å². The van der Waals surface area contributed by atoms with Crippen molar-refractivity contribution in [1.82, 2.24) is 0 Å². The Hall–Kier alpha value is -1.51. The molecule has 2 atom stereocenters. The molecule has 0 fully saturated rings. The van der Waals surface area contributed by atoms with E-state index in [2.05, 4.69) is 0 Å². The summed E-state index contributed by atoms with van der Waals surface area (Å²) in [5.41, 5.74) is 0.278. The number of carbonyl (C=O) groups excluding carboxylic acids is 1. The molecule has 1 heterocycles. The van der Waals surface area contributed by atoms with Gasteiger partial charge < -0.3 is 9.47 Å². The SMILES string of the molecule is COC(=O)C1(C)Oc2ccccc2CC1C. The van der Waals surface area contributed by atoms with Crippen LogP contribution in [0.5, 0.6) is 5.75 Å². The Morgan fingerprint density at radius 1 is 1.50 bits per heavy atom. The number of rotatable bonds is 1. The van der Waals surface area contributed by atoms with Crippen LogP contribution in [-0.4, -0.2) is 18.7 Å². The van der Waals surface area contributed by atoms with Gasteiger partial charge >= 0.3 is 5.97 Å². The third kappa shape index (κ3) is 1.56. The number of fused-ring (bicyclic) bond motifs is 1. The molecule has 1 aliphatic heterocycles. The van der Waals surface area contributed by atoms with Crippen LogP contribution in [0, 0.1) is 5.92 Å². The summed E-state index contributed by atoms with van der Waals surface area (Å²) >= 11 is 0. The highest BCUT2D eigenvalue weighted by molar-refractivity contribution is 5.80. The molecular weight excluding hydrogens is 204 g/mol. The molecule has 3 heteroatoms. The molecule has 2 unspecified atom stereocenters. The first-order valence-corrected chi connectivity index (χ1v) is 5.43. The molecule has 1 aromatic rings. The van der Waals surface area contributed by atoms with Crippen molar-refractivity contribution in [3.8, 4) is 5.75 Å². The standard InChI is InChI=1S/C13H16O3/c1-9-8-10-6-4-5-7-11(10)16-13(9,2)12(14)15-3/h4-7,9H,8H2,1-3H3. The maximum absolute atomic E-state index is 11.8. The van der Waals surface area contributed by atoms with Crippen LogP contribution in [0.4, 0.5) is 0 Å². The summed E-state index contributed by atoms with van der Waals surface area (Å²) < 4.78 is 10.6. The van der Waals surface area contributed by atoms with Crippen LogP contribution in [-0.2, 0) is 16.0 Å². The summed E-state index contributed by atoms with van der Waals surface area (Å²) in [5.74, 6) is 0.581. The molecule has 0 spiro atoms. The Bertz CT molecular complexity index is 413. The summed E-state index contributed by atoms with van der Waals surface area (Å²) in [7, 11) is 1.39. The Balaban J connectivity index is 2.37. The summed E-state index contributed by atoms with van der Waals surface area (Å²) in [5, 5.41) is 0. The van der Waals surface area contributed by atoms with E-state index in [4.69, 9.17) is 9.47 Å². The largest absolute Gasteiger partial charge is 0.475 e. The fourth-order valence-electron chi connectivity index (χ4n) is 2.07. The average Bonchev–Trinajstić information content (AvgIpc) is 2.29.